The first kappa shape index (κ1) is 28.6. The summed E-state index contributed by atoms with van der Waals surface area (Å²) in [4.78, 5) is 18.7. The predicted octanol–water partition coefficient (Wildman–Crippen LogP) is 6.92. The number of hydrogen-bond acceptors (Lipinski definition) is 6. The van der Waals surface area contributed by atoms with E-state index in [2.05, 4.69) is 13.0 Å². The van der Waals surface area contributed by atoms with Crippen LogP contribution in [-0.2, 0) is 14.3 Å². The van der Waals surface area contributed by atoms with E-state index in [1.54, 1.807) is 0 Å². The molecule has 0 bridgehead atoms. The van der Waals surface area contributed by atoms with Crippen LogP contribution in [0.1, 0.15) is 62.1 Å². The third kappa shape index (κ3) is 6.88. The topological polar surface area (TPSA) is 66.4 Å². The van der Waals surface area contributed by atoms with E-state index >= 15 is 0 Å². The summed E-state index contributed by atoms with van der Waals surface area (Å²) >= 11 is 0. The molecule has 1 aliphatic heterocycles. The summed E-state index contributed by atoms with van der Waals surface area (Å²) in [5.41, 5.74) is 2.55. The van der Waals surface area contributed by atoms with E-state index in [0.717, 1.165) is 35.4 Å². The van der Waals surface area contributed by atoms with E-state index in [1.807, 2.05) is 91.9 Å². The van der Waals surface area contributed by atoms with E-state index in [0.29, 0.717) is 31.1 Å². The van der Waals surface area contributed by atoms with Crippen molar-refractivity contribution in [1.82, 2.24) is 0 Å². The number of carbonyl (C=O) groups is 1. The lowest BCUT2D eigenvalue weighted by molar-refractivity contribution is -0.147. The van der Waals surface area contributed by atoms with Crippen molar-refractivity contribution in [3.05, 3.63) is 108 Å². The van der Waals surface area contributed by atoms with Crippen LogP contribution in [0, 0.1) is 0 Å². The van der Waals surface area contributed by atoms with Gasteiger partial charge in [-0.2, -0.15) is 0 Å². The van der Waals surface area contributed by atoms with Gasteiger partial charge >= 0.3 is 5.97 Å². The molecule has 0 radical (unpaired) electrons. The molecule has 3 unspecified atom stereocenters. The van der Waals surface area contributed by atoms with Crippen molar-refractivity contribution in [3.8, 4) is 11.5 Å². The van der Waals surface area contributed by atoms with Crippen LogP contribution >= 0.6 is 0 Å². The molecule has 0 saturated carbocycles. The summed E-state index contributed by atoms with van der Waals surface area (Å²) in [5, 5.41) is 0. The molecule has 3 aromatic rings. The van der Waals surface area contributed by atoms with Crippen LogP contribution in [0.3, 0.4) is 0 Å². The van der Waals surface area contributed by atoms with Gasteiger partial charge in [-0.3, -0.25) is 4.99 Å². The third-order valence-corrected chi connectivity index (χ3v) is 7.48. The molecule has 41 heavy (non-hydrogen) atoms. The summed E-state index contributed by atoms with van der Waals surface area (Å²) in [7, 11) is 0. The number of allylic oxidation sites excluding steroid dienone is 1. The van der Waals surface area contributed by atoms with Crippen molar-refractivity contribution in [2.24, 2.45) is 4.99 Å². The average Bonchev–Trinajstić information content (AvgIpc) is 3.46. The molecule has 0 saturated heterocycles. The van der Waals surface area contributed by atoms with Gasteiger partial charge in [-0.05, 0) is 43.5 Å². The Bertz CT molecular complexity index is 1310. The van der Waals surface area contributed by atoms with E-state index in [-0.39, 0.29) is 24.6 Å². The van der Waals surface area contributed by atoms with E-state index in [1.165, 1.54) is 12.8 Å². The summed E-state index contributed by atoms with van der Waals surface area (Å²) in [6, 6.07) is 26.0. The zero-order valence-corrected chi connectivity index (χ0v) is 24.0. The maximum Gasteiger partial charge on any atom is 0.338 e. The molecular weight excluding hydrogens is 514 g/mol. The number of fused-ring (bicyclic) bond motifs is 1. The van der Waals surface area contributed by atoms with Crippen molar-refractivity contribution in [2.45, 2.75) is 57.1 Å². The molecule has 3 atom stereocenters. The quantitative estimate of drug-likeness (QED) is 0.105. The Morgan fingerprint density at radius 1 is 0.951 bits per heavy atom. The Morgan fingerprint density at radius 3 is 2.37 bits per heavy atom. The van der Waals surface area contributed by atoms with Crippen molar-refractivity contribution in [3.63, 3.8) is 0 Å². The van der Waals surface area contributed by atoms with Gasteiger partial charge in [0.1, 0.15) is 6.61 Å². The highest BCUT2D eigenvalue weighted by Crippen LogP contribution is 2.42. The van der Waals surface area contributed by atoms with Crippen LogP contribution in [0.4, 0.5) is 0 Å². The maximum absolute atomic E-state index is 13.5. The molecule has 1 heterocycles. The van der Waals surface area contributed by atoms with Crippen LogP contribution < -0.4 is 9.47 Å². The lowest BCUT2D eigenvalue weighted by Crippen LogP contribution is -2.37. The second-order valence-corrected chi connectivity index (χ2v) is 10.5. The van der Waals surface area contributed by atoms with Crippen LogP contribution in [0.5, 0.6) is 11.5 Å². The monoisotopic (exact) mass is 553 g/mol. The maximum atomic E-state index is 13.5. The molecule has 2 aliphatic rings. The fraction of sp³-hybridized carbons (Fsp3) is 0.371. The van der Waals surface area contributed by atoms with Gasteiger partial charge in [-0.1, -0.05) is 92.6 Å². The smallest absolute Gasteiger partial charge is 0.338 e. The lowest BCUT2D eigenvalue weighted by Gasteiger charge is -2.28. The molecule has 5 rings (SSSR count). The lowest BCUT2D eigenvalue weighted by atomic mass is 9.90. The Morgan fingerprint density at radius 2 is 1.68 bits per heavy atom. The predicted molar refractivity (Wildman–Crippen MR) is 161 cm³/mol. The molecule has 0 N–H and O–H groups in total. The third-order valence-electron chi connectivity index (χ3n) is 7.48. The van der Waals surface area contributed by atoms with Gasteiger partial charge in [-0.25, -0.2) is 4.79 Å². The second kappa shape index (κ2) is 13.6. The van der Waals surface area contributed by atoms with Gasteiger partial charge in [0.05, 0.1) is 18.9 Å². The van der Waals surface area contributed by atoms with Gasteiger partial charge in [-0.15, -0.1) is 0 Å². The summed E-state index contributed by atoms with van der Waals surface area (Å²) < 4.78 is 23.6. The Hall–Kier alpha value is -3.90. The highest BCUT2D eigenvalue weighted by atomic mass is 16.6. The highest BCUT2D eigenvalue weighted by molar-refractivity contribution is 6.14. The molecule has 0 fully saturated rings. The van der Waals surface area contributed by atoms with E-state index in [4.69, 9.17) is 23.9 Å². The zero-order chi connectivity index (χ0) is 28.5. The number of unbranched alkanes of at least 4 members (excludes halogenated alkanes) is 2. The van der Waals surface area contributed by atoms with Crippen LogP contribution in [0.15, 0.2) is 96.0 Å². The summed E-state index contributed by atoms with van der Waals surface area (Å²) in [6.07, 6.45) is 7.72. The minimum Gasteiger partial charge on any atom is -0.486 e. The fourth-order valence-corrected chi connectivity index (χ4v) is 5.31. The number of ether oxygens (including phenoxy) is 4. The summed E-state index contributed by atoms with van der Waals surface area (Å²) in [5.74, 6) is 1.05. The molecule has 6 nitrogen and oxygen atoms in total. The van der Waals surface area contributed by atoms with E-state index < -0.39 is 5.54 Å². The molecule has 1 aliphatic carbocycles. The second-order valence-electron chi connectivity index (χ2n) is 10.5. The van der Waals surface area contributed by atoms with Gasteiger partial charge in [0, 0.05) is 23.7 Å². The molecular formula is C35H39NO5. The molecule has 0 amide bonds. The number of aliphatic imine (C=N–C) groups is 1. The van der Waals surface area contributed by atoms with Crippen molar-refractivity contribution < 1.29 is 23.7 Å². The number of carbonyl (C=O) groups excluding carboxylic acids is 1. The number of benzene rings is 3. The Balaban J connectivity index is 1.37. The first-order valence-electron chi connectivity index (χ1n) is 14.7. The fourth-order valence-electron chi connectivity index (χ4n) is 5.31. The van der Waals surface area contributed by atoms with E-state index in [9.17, 15) is 4.79 Å². The number of nitrogens with zero attached hydrogens (tertiary/aromatic N) is 1. The Labute approximate surface area is 243 Å². The molecule has 0 spiro atoms. The van der Waals surface area contributed by atoms with Gasteiger partial charge < -0.3 is 18.9 Å². The average molecular weight is 554 g/mol. The minimum atomic E-state index is -1.14. The SMILES string of the molecule is CCCCCOCC1COc2cc(C3C=CC(N=C(c4ccccc4)c4ccccc4)(C(=O)OCC)C3)ccc2O1. The number of esters is 1. The first-order valence-corrected chi connectivity index (χ1v) is 14.7. The minimum absolute atomic E-state index is 0.0375. The molecule has 214 valence electrons. The zero-order valence-electron chi connectivity index (χ0n) is 24.0. The van der Waals surface area contributed by atoms with Crippen LogP contribution in [0.25, 0.3) is 0 Å². The number of hydrogen-bond donors (Lipinski definition) is 0. The highest BCUT2D eigenvalue weighted by Gasteiger charge is 2.44. The van der Waals surface area contributed by atoms with Crippen LogP contribution in [-0.4, -0.2) is 49.8 Å². The largest absolute Gasteiger partial charge is 0.486 e. The van der Waals surface area contributed by atoms with Gasteiger partial charge in [0.25, 0.3) is 0 Å². The van der Waals surface area contributed by atoms with Crippen molar-refractivity contribution in [2.75, 3.05) is 26.4 Å². The summed E-state index contributed by atoms with van der Waals surface area (Å²) in [6.45, 7) is 6.00. The standard InChI is InChI=1S/C35H39NO5/c1-3-5-12-21-38-24-30-25-40-32-22-28(17-18-31(32)41-30)29-19-20-35(23-29,34(37)39-4-2)36-33(26-13-8-6-9-14-26)27-15-10-7-11-16-27/h6-11,13-20,22,29-30H,3-5,12,21,23-25H2,1-2H3. The Kier molecular flexibility index (Phi) is 9.52. The number of rotatable bonds is 12. The molecule has 6 heteroatoms. The van der Waals surface area contributed by atoms with Gasteiger partial charge in [0.15, 0.2) is 23.1 Å². The van der Waals surface area contributed by atoms with Crippen molar-refractivity contribution >= 4 is 11.7 Å². The van der Waals surface area contributed by atoms with Gasteiger partial charge in [0.2, 0.25) is 0 Å². The van der Waals surface area contributed by atoms with Crippen molar-refractivity contribution in [1.29, 1.82) is 0 Å². The first-order chi connectivity index (χ1) is 20.1. The molecule has 0 aromatic heterocycles. The molecule has 3 aromatic carbocycles. The van der Waals surface area contributed by atoms with Crippen LogP contribution in [0.2, 0.25) is 0 Å². The normalized spacial score (nSPS) is 20.9.